The van der Waals surface area contributed by atoms with Crippen molar-refractivity contribution < 1.29 is 9.59 Å². The lowest BCUT2D eigenvalue weighted by Gasteiger charge is -2.13. The normalized spacial score (nSPS) is 16.1. The minimum atomic E-state index is -0.263. The van der Waals surface area contributed by atoms with Crippen LogP contribution in [-0.4, -0.2) is 26.3 Å². The van der Waals surface area contributed by atoms with Crippen molar-refractivity contribution in [1.82, 2.24) is 14.5 Å². The van der Waals surface area contributed by atoms with E-state index in [0.717, 1.165) is 0 Å². The third-order valence-corrected chi connectivity index (χ3v) is 2.41. The minimum absolute atomic E-state index is 0.231. The SMILES string of the molecule is CC1=CC(=O)N(Cc2nccn2C)C1=O. The van der Waals surface area contributed by atoms with Crippen molar-refractivity contribution in [1.29, 1.82) is 0 Å². The summed E-state index contributed by atoms with van der Waals surface area (Å²) in [5.41, 5.74) is 0.481. The highest BCUT2D eigenvalue weighted by Crippen LogP contribution is 2.14. The number of hydrogen-bond donors (Lipinski definition) is 0. The van der Waals surface area contributed by atoms with Gasteiger partial charge in [0.05, 0.1) is 6.54 Å². The highest BCUT2D eigenvalue weighted by Gasteiger charge is 2.28. The van der Waals surface area contributed by atoms with Crippen LogP contribution in [0.1, 0.15) is 12.7 Å². The molecule has 0 bridgehead atoms. The predicted molar refractivity (Wildman–Crippen MR) is 52.5 cm³/mol. The van der Waals surface area contributed by atoms with Gasteiger partial charge in [-0.25, -0.2) is 4.98 Å². The third-order valence-electron chi connectivity index (χ3n) is 2.41. The van der Waals surface area contributed by atoms with Crippen LogP contribution in [0.15, 0.2) is 24.0 Å². The zero-order chi connectivity index (χ0) is 11.0. The molecule has 1 aliphatic heterocycles. The topological polar surface area (TPSA) is 55.2 Å². The van der Waals surface area contributed by atoms with Crippen molar-refractivity contribution in [3.8, 4) is 0 Å². The molecule has 2 amide bonds. The number of imide groups is 1. The van der Waals surface area contributed by atoms with Crippen LogP contribution in [0.2, 0.25) is 0 Å². The lowest BCUT2D eigenvalue weighted by Crippen LogP contribution is -2.31. The molecular formula is C10H11N3O2. The molecule has 2 rings (SSSR count). The molecule has 1 aliphatic rings. The van der Waals surface area contributed by atoms with Gasteiger partial charge in [-0.05, 0) is 6.92 Å². The Morgan fingerprint density at radius 3 is 2.60 bits per heavy atom. The van der Waals surface area contributed by atoms with E-state index in [0.29, 0.717) is 11.4 Å². The van der Waals surface area contributed by atoms with Gasteiger partial charge in [0.1, 0.15) is 5.82 Å². The summed E-state index contributed by atoms with van der Waals surface area (Å²) >= 11 is 0. The van der Waals surface area contributed by atoms with E-state index >= 15 is 0 Å². The summed E-state index contributed by atoms with van der Waals surface area (Å²) in [6, 6.07) is 0. The number of aryl methyl sites for hydroxylation is 1. The van der Waals surface area contributed by atoms with Crippen molar-refractivity contribution in [2.24, 2.45) is 7.05 Å². The molecule has 5 nitrogen and oxygen atoms in total. The van der Waals surface area contributed by atoms with E-state index in [1.54, 1.807) is 23.9 Å². The van der Waals surface area contributed by atoms with E-state index in [1.807, 2.05) is 7.05 Å². The summed E-state index contributed by atoms with van der Waals surface area (Å²) in [4.78, 5) is 28.2. The zero-order valence-corrected chi connectivity index (χ0v) is 8.60. The summed E-state index contributed by atoms with van der Waals surface area (Å²) < 4.78 is 1.79. The molecule has 0 saturated heterocycles. The van der Waals surface area contributed by atoms with Crippen LogP contribution in [0.5, 0.6) is 0 Å². The van der Waals surface area contributed by atoms with Crippen LogP contribution in [-0.2, 0) is 23.2 Å². The second-order valence-electron chi connectivity index (χ2n) is 3.51. The molecule has 15 heavy (non-hydrogen) atoms. The second kappa shape index (κ2) is 3.34. The third kappa shape index (κ3) is 1.56. The number of imidazole rings is 1. The Morgan fingerprint density at radius 1 is 1.40 bits per heavy atom. The zero-order valence-electron chi connectivity index (χ0n) is 8.60. The molecular weight excluding hydrogens is 194 g/mol. The average Bonchev–Trinajstić information content (AvgIpc) is 2.67. The molecule has 0 atom stereocenters. The van der Waals surface area contributed by atoms with E-state index < -0.39 is 0 Å². The molecule has 78 valence electrons. The number of carbonyl (C=O) groups excluding carboxylic acids is 2. The Morgan fingerprint density at radius 2 is 2.13 bits per heavy atom. The van der Waals surface area contributed by atoms with E-state index in [1.165, 1.54) is 11.0 Å². The van der Waals surface area contributed by atoms with E-state index in [2.05, 4.69) is 4.98 Å². The minimum Gasteiger partial charge on any atom is -0.337 e. The van der Waals surface area contributed by atoms with Crippen LogP contribution in [0.3, 0.4) is 0 Å². The quantitative estimate of drug-likeness (QED) is 0.650. The monoisotopic (exact) mass is 205 g/mol. The number of rotatable bonds is 2. The van der Waals surface area contributed by atoms with Crippen molar-refractivity contribution >= 4 is 11.8 Å². The van der Waals surface area contributed by atoms with Crippen LogP contribution < -0.4 is 0 Å². The van der Waals surface area contributed by atoms with Gasteiger partial charge in [-0.3, -0.25) is 14.5 Å². The van der Waals surface area contributed by atoms with Gasteiger partial charge < -0.3 is 4.57 Å². The standard InChI is InChI=1S/C10H11N3O2/c1-7-5-9(14)13(10(7)15)6-8-11-3-4-12(8)2/h3-5H,6H2,1-2H3. The molecule has 0 saturated carbocycles. The summed E-state index contributed by atoms with van der Waals surface area (Å²) in [5.74, 6) is 0.198. The van der Waals surface area contributed by atoms with Gasteiger partial charge in [-0.1, -0.05) is 0 Å². The molecule has 2 heterocycles. The van der Waals surface area contributed by atoms with Gasteiger partial charge in [-0.2, -0.15) is 0 Å². The number of nitrogens with zero attached hydrogens (tertiary/aromatic N) is 3. The van der Waals surface area contributed by atoms with Gasteiger partial charge in [0.25, 0.3) is 11.8 Å². The first-order valence-corrected chi connectivity index (χ1v) is 4.60. The maximum Gasteiger partial charge on any atom is 0.256 e. The lowest BCUT2D eigenvalue weighted by molar-refractivity contribution is -0.138. The summed E-state index contributed by atoms with van der Waals surface area (Å²) in [5, 5.41) is 0. The molecule has 0 spiro atoms. The number of hydrogen-bond acceptors (Lipinski definition) is 3. The Kier molecular flexibility index (Phi) is 2.15. The van der Waals surface area contributed by atoms with Crippen LogP contribution >= 0.6 is 0 Å². The summed E-state index contributed by atoms with van der Waals surface area (Å²) in [7, 11) is 1.83. The largest absolute Gasteiger partial charge is 0.337 e. The van der Waals surface area contributed by atoms with Gasteiger partial charge >= 0.3 is 0 Å². The number of carbonyl (C=O) groups is 2. The smallest absolute Gasteiger partial charge is 0.256 e. The van der Waals surface area contributed by atoms with Gasteiger partial charge in [0, 0.05) is 31.1 Å². The average molecular weight is 205 g/mol. The van der Waals surface area contributed by atoms with Crippen LogP contribution in [0.25, 0.3) is 0 Å². The highest BCUT2D eigenvalue weighted by molar-refractivity contribution is 6.15. The van der Waals surface area contributed by atoms with Gasteiger partial charge in [-0.15, -0.1) is 0 Å². The second-order valence-corrected chi connectivity index (χ2v) is 3.51. The van der Waals surface area contributed by atoms with Crippen molar-refractivity contribution in [2.45, 2.75) is 13.5 Å². The van der Waals surface area contributed by atoms with E-state index in [9.17, 15) is 9.59 Å². The molecule has 0 unspecified atom stereocenters. The van der Waals surface area contributed by atoms with E-state index in [4.69, 9.17) is 0 Å². The maximum atomic E-state index is 11.6. The Bertz CT molecular complexity index is 459. The Labute approximate surface area is 87.0 Å². The molecule has 5 heteroatoms. The molecule has 1 aromatic heterocycles. The predicted octanol–water partition coefficient (Wildman–Crippen LogP) is 0.235. The Hall–Kier alpha value is -1.91. The molecule has 1 aromatic rings. The number of amides is 2. The molecule has 0 fully saturated rings. The van der Waals surface area contributed by atoms with Crippen molar-refractivity contribution in [2.75, 3.05) is 0 Å². The van der Waals surface area contributed by atoms with E-state index in [-0.39, 0.29) is 18.4 Å². The molecule has 0 N–H and O–H groups in total. The van der Waals surface area contributed by atoms with Crippen molar-refractivity contribution in [3.63, 3.8) is 0 Å². The first kappa shape index (κ1) is 9.64. The number of aromatic nitrogens is 2. The molecule has 0 radical (unpaired) electrons. The maximum absolute atomic E-state index is 11.6. The fourth-order valence-corrected chi connectivity index (χ4v) is 1.48. The highest BCUT2D eigenvalue weighted by atomic mass is 16.2. The summed E-state index contributed by atoms with van der Waals surface area (Å²) in [6.45, 7) is 1.87. The fourth-order valence-electron chi connectivity index (χ4n) is 1.48. The van der Waals surface area contributed by atoms with Crippen LogP contribution in [0, 0.1) is 0 Å². The first-order chi connectivity index (χ1) is 7.09. The van der Waals surface area contributed by atoms with Gasteiger partial charge in [0.2, 0.25) is 0 Å². The van der Waals surface area contributed by atoms with Crippen molar-refractivity contribution in [3.05, 3.63) is 29.9 Å². The summed E-state index contributed by atoms with van der Waals surface area (Å²) in [6.07, 6.45) is 4.77. The Balaban J connectivity index is 2.19. The first-order valence-electron chi connectivity index (χ1n) is 4.60. The van der Waals surface area contributed by atoms with Crippen LogP contribution in [0.4, 0.5) is 0 Å². The molecule has 0 aliphatic carbocycles. The fraction of sp³-hybridized carbons (Fsp3) is 0.300. The molecule has 0 aromatic carbocycles. The van der Waals surface area contributed by atoms with Gasteiger partial charge in [0.15, 0.2) is 0 Å². The lowest BCUT2D eigenvalue weighted by atomic mass is 10.3.